The molecule has 2 N–H and O–H groups in total. The summed E-state index contributed by atoms with van der Waals surface area (Å²) >= 11 is 0. The Bertz CT molecular complexity index is 428. The summed E-state index contributed by atoms with van der Waals surface area (Å²) in [5.41, 5.74) is 2.82. The first-order chi connectivity index (χ1) is 7.80. The van der Waals surface area contributed by atoms with Crippen molar-refractivity contribution in [1.82, 2.24) is 15.8 Å². The van der Waals surface area contributed by atoms with Gasteiger partial charge in [-0.05, 0) is 12.1 Å². The van der Waals surface area contributed by atoms with Gasteiger partial charge in [-0.2, -0.15) is 13.2 Å². The fourth-order valence-electron chi connectivity index (χ4n) is 0.913. The topological polar surface area (TPSA) is 71.1 Å². The molecule has 0 atom stereocenters. The van der Waals surface area contributed by atoms with Gasteiger partial charge in [0.2, 0.25) is 5.91 Å². The maximum absolute atomic E-state index is 12.2. The second-order valence-corrected chi connectivity index (χ2v) is 3.07. The molecule has 0 spiro atoms. The highest BCUT2D eigenvalue weighted by atomic mass is 19.4. The van der Waals surface area contributed by atoms with Gasteiger partial charge in [-0.15, -0.1) is 0 Å². The number of nitrogens with zero attached hydrogens (tertiary/aromatic N) is 1. The number of hydrogen-bond donors (Lipinski definition) is 2. The van der Waals surface area contributed by atoms with Gasteiger partial charge in [0.25, 0.3) is 5.91 Å². The van der Waals surface area contributed by atoms with Crippen molar-refractivity contribution in [3.05, 3.63) is 29.6 Å². The number of aromatic nitrogens is 1. The zero-order valence-corrected chi connectivity index (χ0v) is 8.63. The number of halogens is 3. The number of hydrazine groups is 1. The van der Waals surface area contributed by atoms with E-state index in [1.54, 1.807) is 0 Å². The van der Waals surface area contributed by atoms with Crippen molar-refractivity contribution in [2.75, 3.05) is 0 Å². The lowest BCUT2D eigenvalue weighted by Gasteiger charge is -2.07. The first-order valence-corrected chi connectivity index (χ1v) is 4.41. The minimum absolute atomic E-state index is 0.0910. The van der Waals surface area contributed by atoms with Gasteiger partial charge in [0.15, 0.2) is 0 Å². The van der Waals surface area contributed by atoms with Crippen LogP contribution >= 0.6 is 0 Å². The van der Waals surface area contributed by atoms with E-state index in [2.05, 4.69) is 4.98 Å². The van der Waals surface area contributed by atoms with Crippen molar-refractivity contribution in [3.8, 4) is 0 Å². The average Bonchev–Trinajstić information content (AvgIpc) is 2.25. The van der Waals surface area contributed by atoms with Gasteiger partial charge < -0.3 is 0 Å². The Morgan fingerprint density at radius 2 is 1.88 bits per heavy atom. The molecule has 1 heterocycles. The first-order valence-electron chi connectivity index (χ1n) is 4.41. The second-order valence-electron chi connectivity index (χ2n) is 3.07. The predicted molar refractivity (Wildman–Crippen MR) is 50.5 cm³/mol. The third-order valence-electron chi connectivity index (χ3n) is 1.67. The van der Waals surface area contributed by atoms with Crippen LogP contribution in [0.3, 0.4) is 0 Å². The van der Waals surface area contributed by atoms with Gasteiger partial charge in [0.1, 0.15) is 5.69 Å². The minimum atomic E-state index is -4.55. The number of rotatable bonds is 1. The van der Waals surface area contributed by atoms with E-state index in [4.69, 9.17) is 0 Å². The fraction of sp³-hybridized carbons (Fsp3) is 0.222. The normalized spacial score (nSPS) is 10.8. The van der Waals surface area contributed by atoms with Gasteiger partial charge in [0.05, 0.1) is 5.56 Å². The Hall–Kier alpha value is -2.12. The van der Waals surface area contributed by atoms with Crippen LogP contribution in [0.5, 0.6) is 0 Å². The summed E-state index contributed by atoms with van der Waals surface area (Å²) in [6, 6.07) is 1.65. The maximum Gasteiger partial charge on any atom is 0.433 e. The van der Waals surface area contributed by atoms with Gasteiger partial charge in [-0.25, -0.2) is 0 Å². The lowest BCUT2D eigenvalue weighted by molar-refractivity contribution is -0.141. The summed E-state index contributed by atoms with van der Waals surface area (Å²) in [7, 11) is 0. The maximum atomic E-state index is 12.2. The molecule has 0 unspecified atom stereocenters. The molecule has 0 radical (unpaired) electrons. The molecule has 0 aliphatic heterocycles. The highest BCUT2D eigenvalue weighted by molar-refractivity contribution is 5.94. The fourth-order valence-corrected chi connectivity index (χ4v) is 0.913. The standard InChI is InChI=1S/C9H8F3N3O2/c1-5(16)14-15-8(17)6-2-3-7(13-4-6)9(10,11)12/h2-4H,1H3,(H,14,16)(H,15,17). The molecule has 17 heavy (non-hydrogen) atoms. The summed E-state index contributed by atoms with van der Waals surface area (Å²) in [5, 5.41) is 0. The van der Waals surface area contributed by atoms with E-state index in [1.165, 1.54) is 6.92 Å². The van der Waals surface area contributed by atoms with E-state index < -0.39 is 23.7 Å². The summed E-state index contributed by atoms with van der Waals surface area (Å²) in [6.07, 6.45) is -3.77. The molecule has 92 valence electrons. The largest absolute Gasteiger partial charge is 0.433 e. The van der Waals surface area contributed by atoms with Gasteiger partial charge in [0, 0.05) is 13.1 Å². The lowest BCUT2D eigenvalue weighted by Crippen LogP contribution is -2.40. The molecule has 1 rings (SSSR count). The van der Waals surface area contributed by atoms with Crippen LogP contribution in [0.15, 0.2) is 18.3 Å². The monoisotopic (exact) mass is 247 g/mol. The summed E-state index contributed by atoms with van der Waals surface area (Å²) in [5.74, 6) is -1.25. The molecule has 0 aliphatic rings. The molecule has 2 amide bonds. The molecule has 0 aliphatic carbocycles. The lowest BCUT2D eigenvalue weighted by atomic mass is 10.2. The van der Waals surface area contributed by atoms with Crippen LogP contribution in [0.2, 0.25) is 0 Å². The Labute approximate surface area is 94.0 Å². The molecule has 0 bridgehead atoms. The third-order valence-corrected chi connectivity index (χ3v) is 1.67. The number of hydrogen-bond acceptors (Lipinski definition) is 3. The molecule has 0 saturated carbocycles. The van der Waals surface area contributed by atoms with E-state index >= 15 is 0 Å². The summed E-state index contributed by atoms with van der Waals surface area (Å²) < 4.78 is 36.5. The zero-order valence-electron chi connectivity index (χ0n) is 8.63. The van der Waals surface area contributed by atoms with E-state index in [0.29, 0.717) is 6.07 Å². The summed E-state index contributed by atoms with van der Waals surface area (Å²) in [6.45, 7) is 1.17. The third kappa shape index (κ3) is 3.74. The van der Waals surface area contributed by atoms with Gasteiger partial charge >= 0.3 is 6.18 Å². The van der Waals surface area contributed by atoms with Crippen molar-refractivity contribution < 1.29 is 22.8 Å². The predicted octanol–water partition coefficient (Wildman–Crippen LogP) is 0.881. The van der Waals surface area contributed by atoms with Crippen LogP contribution in [0, 0.1) is 0 Å². The quantitative estimate of drug-likeness (QED) is 0.724. The van der Waals surface area contributed by atoms with Crippen molar-refractivity contribution in [2.24, 2.45) is 0 Å². The van der Waals surface area contributed by atoms with Crippen LogP contribution in [0.1, 0.15) is 23.0 Å². The Kier molecular flexibility index (Phi) is 3.66. The molecule has 1 aromatic rings. The smallest absolute Gasteiger partial charge is 0.274 e. The Balaban J connectivity index is 2.74. The molecular weight excluding hydrogens is 239 g/mol. The van der Waals surface area contributed by atoms with E-state index in [9.17, 15) is 22.8 Å². The van der Waals surface area contributed by atoms with Crippen molar-refractivity contribution in [3.63, 3.8) is 0 Å². The number of carbonyl (C=O) groups excluding carboxylic acids is 2. The van der Waals surface area contributed by atoms with E-state index in [1.807, 2.05) is 10.9 Å². The number of nitrogens with one attached hydrogen (secondary N) is 2. The van der Waals surface area contributed by atoms with Crippen LogP contribution in [0.25, 0.3) is 0 Å². The minimum Gasteiger partial charge on any atom is -0.274 e. The first kappa shape index (κ1) is 12.9. The highest BCUT2D eigenvalue weighted by Crippen LogP contribution is 2.27. The number of pyridine rings is 1. The van der Waals surface area contributed by atoms with E-state index in [-0.39, 0.29) is 5.56 Å². The van der Waals surface area contributed by atoms with Crippen molar-refractivity contribution in [2.45, 2.75) is 13.1 Å². The van der Waals surface area contributed by atoms with Crippen LogP contribution in [-0.2, 0) is 11.0 Å². The number of amides is 2. The molecular formula is C9H8F3N3O2. The van der Waals surface area contributed by atoms with Crippen molar-refractivity contribution in [1.29, 1.82) is 0 Å². The summed E-state index contributed by atoms with van der Waals surface area (Å²) in [4.78, 5) is 24.8. The molecule has 0 fully saturated rings. The Morgan fingerprint density at radius 1 is 1.24 bits per heavy atom. The molecule has 0 aromatic carbocycles. The second kappa shape index (κ2) is 4.81. The van der Waals surface area contributed by atoms with Gasteiger partial charge in [-0.1, -0.05) is 0 Å². The Morgan fingerprint density at radius 3 is 2.29 bits per heavy atom. The SMILES string of the molecule is CC(=O)NNC(=O)c1ccc(C(F)(F)F)nc1. The number of alkyl halides is 3. The molecule has 8 heteroatoms. The van der Waals surface area contributed by atoms with E-state index in [0.717, 1.165) is 12.3 Å². The van der Waals surface area contributed by atoms with Crippen LogP contribution in [-0.4, -0.2) is 16.8 Å². The zero-order chi connectivity index (χ0) is 13.1. The van der Waals surface area contributed by atoms with Crippen LogP contribution in [0.4, 0.5) is 13.2 Å². The average molecular weight is 247 g/mol. The highest BCUT2D eigenvalue weighted by Gasteiger charge is 2.32. The van der Waals surface area contributed by atoms with Crippen LogP contribution < -0.4 is 10.9 Å². The molecule has 0 saturated heterocycles. The van der Waals surface area contributed by atoms with Crippen molar-refractivity contribution >= 4 is 11.8 Å². The molecule has 1 aromatic heterocycles. The molecule has 5 nitrogen and oxygen atoms in total. The number of carbonyl (C=O) groups is 2. The van der Waals surface area contributed by atoms with Gasteiger partial charge in [-0.3, -0.25) is 25.4 Å².